The third-order valence-corrected chi connectivity index (χ3v) is 4.90. The zero-order chi connectivity index (χ0) is 12.0. The van der Waals surface area contributed by atoms with Crippen molar-refractivity contribution in [2.75, 3.05) is 6.54 Å². The molecule has 1 saturated heterocycles. The van der Waals surface area contributed by atoms with E-state index in [1.807, 2.05) is 12.1 Å². The van der Waals surface area contributed by atoms with Gasteiger partial charge in [-0.25, -0.2) is 4.98 Å². The number of nitrogens with one attached hydrogen (secondary N) is 1. The molecule has 0 bridgehead atoms. The Morgan fingerprint density at radius 2 is 2.12 bits per heavy atom. The fraction of sp³-hybridized carbons (Fsp3) is 0.182. The van der Waals surface area contributed by atoms with Gasteiger partial charge < -0.3 is 5.32 Å². The van der Waals surface area contributed by atoms with E-state index >= 15 is 0 Å². The molecule has 17 heavy (non-hydrogen) atoms. The molecular formula is C11H7BrCl2N2S. The lowest BCUT2D eigenvalue weighted by Gasteiger charge is -2.02. The van der Waals surface area contributed by atoms with Crippen molar-refractivity contribution < 1.29 is 0 Å². The van der Waals surface area contributed by atoms with E-state index in [2.05, 4.69) is 26.2 Å². The molecule has 0 amide bonds. The second kappa shape index (κ2) is 4.52. The first kappa shape index (κ1) is 11.9. The first-order valence-corrected chi connectivity index (χ1v) is 7.37. The molecule has 2 aromatic rings. The van der Waals surface area contributed by atoms with Crippen molar-refractivity contribution in [1.29, 1.82) is 0 Å². The van der Waals surface area contributed by atoms with E-state index in [1.165, 1.54) is 4.88 Å². The predicted molar refractivity (Wildman–Crippen MR) is 76.0 cm³/mol. The van der Waals surface area contributed by atoms with Gasteiger partial charge in [-0.1, -0.05) is 29.3 Å². The van der Waals surface area contributed by atoms with Gasteiger partial charge in [0, 0.05) is 12.1 Å². The monoisotopic (exact) mass is 348 g/mol. The Morgan fingerprint density at radius 1 is 1.35 bits per heavy atom. The van der Waals surface area contributed by atoms with Crippen molar-refractivity contribution in [3.8, 4) is 11.3 Å². The van der Waals surface area contributed by atoms with Crippen molar-refractivity contribution >= 4 is 50.5 Å². The zero-order valence-electron chi connectivity index (χ0n) is 8.51. The largest absolute Gasteiger partial charge is 0.306 e. The summed E-state index contributed by atoms with van der Waals surface area (Å²) in [5.41, 5.74) is 1.99. The van der Waals surface area contributed by atoms with Gasteiger partial charge >= 0.3 is 0 Å². The number of halogens is 3. The Morgan fingerprint density at radius 3 is 2.76 bits per heavy atom. The Labute approximate surface area is 121 Å². The van der Waals surface area contributed by atoms with E-state index in [-0.39, 0.29) is 0 Å². The third kappa shape index (κ3) is 2.37. The van der Waals surface area contributed by atoms with E-state index in [0.717, 1.165) is 21.7 Å². The summed E-state index contributed by atoms with van der Waals surface area (Å²) < 4.78 is 0.891. The molecule has 3 rings (SSSR count). The Kier molecular flexibility index (Phi) is 3.17. The van der Waals surface area contributed by atoms with Gasteiger partial charge in [-0.3, -0.25) is 0 Å². The quantitative estimate of drug-likeness (QED) is 0.808. The average molecular weight is 350 g/mol. The summed E-state index contributed by atoms with van der Waals surface area (Å²) in [7, 11) is 0. The second-order valence-corrected chi connectivity index (χ2v) is 6.89. The first-order chi connectivity index (χ1) is 8.15. The SMILES string of the molecule is Clc1ccc(-c2nc(Br)sc2C2CN2)cc1Cl. The summed E-state index contributed by atoms with van der Waals surface area (Å²) in [4.78, 5) is 5.75. The highest BCUT2D eigenvalue weighted by Crippen LogP contribution is 2.39. The summed E-state index contributed by atoms with van der Waals surface area (Å²) >= 11 is 17.0. The van der Waals surface area contributed by atoms with Crippen LogP contribution in [0.1, 0.15) is 10.9 Å². The summed E-state index contributed by atoms with van der Waals surface area (Å²) in [6.45, 7) is 1.02. The fourth-order valence-corrected chi connectivity index (χ4v) is 3.52. The van der Waals surface area contributed by atoms with Crippen LogP contribution in [0.5, 0.6) is 0 Å². The fourth-order valence-electron chi connectivity index (χ4n) is 1.64. The Hall–Kier alpha value is -0.130. The molecule has 0 radical (unpaired) electrons. The highest BCUT2D eigenvalue weighted by Gasteiger charge is 2.29. The van der Waals surface area contributed by atoms with Crippen molar-refractivity contribution in [2.45, 2.75) is 6.04 Å². The molecule has 0 spiro atoms. The van der Waals surface area contributed by atoms with Gasteiger partial charge in [0.1, 0.15) is 0 Å². The molecule has 1 aliphatic rings. The highest BCUT2D eigenvalue weighted by molar-refractivity contribution is 9.11. The predicted octanol–water partition coefficient (Wildman–Crippen LogP) is 4.52. The van der Waals surface area contributed by atoms with Crippen LogP contribution in [0.3, 0.4) is 0 Å². The lowest BCUT2D eigenvalue weighted by atomic mass is 10.1. The number of hydrogen-bond acceptors (Lipinski definition) is 3. The molecule has 2 nitrogen and oxygen atoms in total. The second-order valence-electron chi connectivity index (χ2n) is 3.77. The van der Waals surface area contributed by atoms with Crippen LogP contribution in [0, 0.1) is 0 Å². The molecule has 1 aliphatic heterocycles. The summed E-state index contributed by atoms with van der Waals surface area (Å²) in [6, 6.07) is 6.04. The van der Waals surface area contributed by atoms with Crippen LogP contribution in [-0.4, -0.2) is 11.5 Å². The van der Waals surface area contributed by atoms with Crippen molar-refractivity contribution in [1.82, 2.24) is 10.3 Å². The van der Waals surface area contributed by atoms with Gasteiger partial charge in [0.05, 0.1) is 26.7 Å². The summed E-state index contributed by atoms with van der Waals surface area (Å²) in [5, 5.41) is 4.41. The van der Waals surface area contributed by atoms with Crippen LogP contribution in [0.25, 0.3) is 11.3 Å². The van der Waals surface area contributed by atoms with Gasteiger partial charge in [0.15, 0.2) is 3.92 Å². The molecule has 0 saturated carbocycles. The molecular weight excluding hydrogens is 343 g/mol. The minimum Gasteiger partial charge on any atom is -0.306 e. The molecule has 1 aromatic carbocycles. The highest BCUT2D eigenvalue weighted by atomic mass is 79.9. The maximum atomic E-state index is 6.03. The summed E-state index contributed by atoms with van der Waals surface area (Å²) in [5.74, 6) is 0. The van der Waals surface area contributed by atoms with Crippen molar-refractivity contribution in [3.05, 3.63) is 37.0 Å². The number of thiazole rings is 1. The van der Waals surface area contributed by atoms with Crippen LogP contribution < -0.4 is 5.32 Å². The molecule has 1 fully saturated rings. The smallest absolute Gasteiger partial charge is 0.160 e. The molecule has 1 unspecified atom stereocenters. The molecule has 2 heterocycles. The minimum atomic E-state index is 0.434. The standard InChI is InChI=1S/C11H7BrCl2N2S/c12-11-16-9(10(17-11)8-4-15-8)5-1-2-6(13)7(14)3-5/h1-3,8,15H,4H2. The first-order valence-electron chi connectivity index (χ1n) is 5.00. The maximum absolute atomic E-state index is 6.03. The van der Waals surface area contributed by atoms with Crippen LogP contribution in [-0.2, 0) is 0 Å². The van der Waals surface area contributed by atoms with Crippen LogP contribution in [0.2, 0.25) is 10.0 Å². The van der Waals surface area contributed by atoms with Gasteiger partial charge in [-0.15, -0.1) is 11.3 Å². The zero-order valence-corrected chi connectivity index (χ0v) is 12.4. The molecule has 88 valence electrons. The van der Waals surface area contributed by atoms with Crippen LogP contribution >= 0.6 is 50.5 Å². The van der Waals surface area contributed by atoms with Crippen LogP contribution in [0.15, 0.2) is 22.1 Å². The normalized spacial score (nSPS) is 18.4. The number of rotatable bonds is 2. The average Bonchev–Trinajstić information content (AvgIpc) is 3.06. The van der Waals surface area contributed by atoms with Gasteiger partial charge in [0.2, 0.25) is 0 Å². The summed E-state index contributed by atoms with van der Waals surface area (Å²) in [6.07, 6.45) is 0. The number of benzene rings is 1. The van der Waals surface area contributed by atoms with Crippen molar-refractivity contribution in [3.63, 3.8) is 0 Å². The maximum Gasteiger partial charge on any atom is 0.160 e. The van der Waals surface area contributed by atoms with E-state index in [1.54, 1.807) is 17.4 Å². The number of nitrogens with zero attached hydrogens (tertiary/aromatic N) is 1. The lowest BCUT2D eigenvalue weighted by Crippen LogP contribution is -1.86. The third-order valence-electron chi connectivity index (χ3n) is 2.55. The number of aromatic nitrogens is 1. The molecule has 0 aliphatic carbocycles. The van der Waals surface area contributed by atoms with Gasteiger partial charge in [-0.2, -0.15) is 0 Å². The molecule has 6 heteroatoms. The van der Waals surface area contributed by atoms with Gasteiger partial charge in [-0.05, 0) is 28.1 Å². The van der Waals surface area contributed by atoms with Crippen molar-refractivity contribution in [2.24, 2.45) is 0 Å². The van der Waals surface area contributed by atoms with E-state index in [0.29, 0.717) is 16.1 Å². The minimum absolute atomic E-state index is 0.434. The van der Waals surface area contributed by atoms with Gasteiger partial charge in [0.25, 0.3) is 0 Å². The lowest BCUT2D eigenvalue weighted by molar-refractivity contribution is 1.11. The molecule has 1 N–H and O–H groups in total. The molecule has 1 aromatic heterocycles. The topological polar surface area (TPSA) is 34.8 Å². The Balaban J connectivity index is 2.10. The number of hydrogen-bond donors (Lipinski definition) is 1. The molecule has 1 atom stereocenters. The van der Waals surface area contributed by atoms with E-state index in [4.69, 9.17) is 23.2 Å². The Bertz CT molecular complexity index is 581. The van der Waals surface area contributed by atoms with Crippen LogP contribution in [0.4, 0.5) is 0 Å². The van der Waals surface area contributed by atoms with E-state index < -0.39 is 0 Å². The van der Waals surface area contributed by atoms with E-state index in [9.17, 15) is 0 Å².